The van der Waals surface area contributed by atoms with E-state index in [1.165, 1.54) is 11.6 Å². The number of aromatic carboxylic acids is 1. The number of benzene rings is 1. The summed E-state index contributed by atoms with van der Waals surface area (Å²) in [5, 5.41) is 13.5. The summed E-state index contributed by atoms with van der Waals surface area (Å²) in [7, 11) is 1.55. The molecule has 0 aliphatic heterocycles. The number of carboxylic acid groups (broad SMARTS) is 1. The molecule has 0 radical (unpaired) electrons. The van der Waals surface area contributed by atoms with Crippen LogP contribution in [0.2, 0.25) is 5.02 Å². The predicted octanol–water partition coefficient (Wildman–Crippen LogP) is 3.89. The van der Waals surface area contributed by atoms with E-state index in [2.05, 4.69) is 5.16 Å². The minimum absolute atomic E-state index is 0.203. The molecule has 0 bridgehead atoms. The number of hydrogen-bond donors (Lipinski definition) is 1. The number of carbonyl (C=O) groups is 1. The van der Waals surface area contributed by atoms with Gasteiger partial charge in [-0.3, -0.25) is 0 Å². The molecular weight excluding hydrogens is 306 g/mol. The Morgan fingerprint density at radius 3 is 2.64 bits per heavy atom. The summed E-state index contributed by atoms with van der Waals surface area (Å²) >= 11 is 6.52. The maximum absolute atomic E-state index is 11.0. The first-order valence-electron chi connectivity index (χ1n) is 7.12. The van der Waals surface area contributed by atoms with Crippen LogP contribution < -0.4 is 4.74 Å². The molecule has 0 unspecified atom stereocenters. The summed E-state index contributed by atoms with van der Waals surface area (Å²) < 4.78 is 10.4. The van der Waals surface area contributed by atoms with Crippen molar-refractivity contribution >= 4 is 17.6 Å². The van der Waals surface area contributed by atoms with Crippen molar-refractivity contribution in [3.63, 3.8) is 0 Å². The van der Waals surface area contributed by atoms with Crippen molar-refractivity contribution in [2.75, 3.05) is 7.11 Å². The smallest absolute Gasteiger partial charge is 0.374 e. The van der Waals surface area contributed by atoms with Gasteiger partial charge in [-0.25, -0.2) is 4.79 Å². The number of carboxylic acids is 1. The molecule has 0 spiro atoms. The van der Waals surface area contributed by atoms with Crippen molar-refractivity contribution in [3.05, 3.63) is 33.5 Å². The molecule has 22 heavy (non-hydrogen) atoms. The zero-order valence-corrected chi connectivity index (χ0v) is 13.2. The molecule has 1 heterocycles. The van der Waals surface area contributed by atoms with E-state index >= 15 is 0 Å². The van der Waals surface area contributed by atoms with Crippen LogP contribution in [0.1, 0.15) is 40.1 Å². The molecule has 1 N–H and O–H groups in total. The molecule has 3 rings (SSSR count). The molecule has 0 saturated carbocycles. The lowest BCUT2D eigenvalue weighted by molar-refractivity contribution is 0.0652. The zero-order chi connectivity index (χ0) is 15.9. The van der Waals surface area contributed by atoms with Crippen LogP contribution >= 0.6 is 11.6 Å². The summed E-state index contributed by atoms with van der Waals surface area (Å²) in [4.78, 5) is 11.0. The average Bonchev–Trinajstić information content (AvgIpc) is 3.00. The molecule has 5 nitrogen and oxygen atoms in total. The highest BCUT2D eigenvalue weighted by atomic mass is 35.5. The fourth-order valence-electron chi connectivity index (χ4n) is 3.12. The highest BCUT2D eigenvalue weighted by Gasteiger charge is 2.26. The first-order chi connectivity index (χ1) is 10.5. The lowest BCUT2D eigenvalue weighted by atomic mass is 9.85. The van der Waals surface area contributed by atoms with E-state index in [0.29, 0.717) is 22.0 Å². The van der Waals surface area contributed by atoms with E-state index in [1.54, 1.807) is 7.11 Å². The van der Waals surface area contributed by atoms with Crippen molar-refractivity contribution in [1.29, 1.82) is 0 Å². The highest BCUT2D eigenvalue weighted by Crippen LogP contribution is 2.45. The molecule has 0 atom stereocenters. The molecule has 6 heteroatoms. The Morgan fingerprint density at radius 2 is 2.05 bits per heavy atom. The summed E-state index contributed by atoms with van der Waals surface area (Å²) in [5.74, 6) is -0.824. The Hall–Kier alpha value is -2.01. The van der Waals surface area contributed by atoms with Gasteiger partial charge in [-0.2, -0.15) is 0 Å². The number of rotatable bonds is 3. The molecule has 1 aromatic carbocycles. The molecular formula is C16H16ClNO4. The van der Waals surface area contributed by atoms with E-state index < -0.39 is 5.97 Å². The predicted molar refractivity (Wildman–Crippen MR) is 81.8 cm³/mol. The second-order valence-corrected chi connectivity index (χ2v) is 5.77. The van der Waals surface area contributed by atoms with Crippen LogP contribution in [0.5, 0.6) is 5.75 Å². The first-order valence-corrected chi connectivity index (χ1v) is 7.50. The number of ether oxygens (including phenoxy) is 1. The Morgan fingerprint density at radius 1 is 1.36 bits per heavy atom. The second kappa shape index (κ2) is 5.65. The van der Waals surface area contributed by atoms with Gasteiger partial charge in [0.05, 0.1) is 17.7 Å². The Balaban J connectivity index is 2.25. The van der Waals surface area contributed by atoms with Crippen LogP contribution in [0, 0.1) is 6.92 Å². The molecule has 1 aromatic heterocycles. The Labute approximate surface area is 132 Å². The first kappa shape index (κ1) is 14.9. The van der Waals surface area contributed by atoms with Gasteiger partial charge in [0, 0.05) is 6.07 Å². The van der Waals surface area contributed by atoms with Crippen molar-refractivity contribution in [2.24, 2.45) is 0 Å². The number of nitrogens with zero attached hydrogens (tertiary/aromatic N) is 1. The van der Waals surface area contributed by atoms with Crippen molar-refractivity contribution in [1.82, 2.24) is 5.16 Å². The van der Waals surface area contributed by atoms with Gasteiger partial charge in [-0.15, -0.1) is 0 Å². The molecule has 2 aromatic rings. The van der Waals surface area contributed by atoms with Gasteiger partial charge in [-0.1, -0.05) is 16.8 Å². The number of halogens is 1. The SMILES string of the molecule is COc1c(Cl)c2c(c(C)c1-c1cc(C(=O)O)on1)CCCC2. The van der Waals surface area contributed by atoms with E-state index in [4.69, 9.17) is 26.0 Å². The second-order valence-electron chi connectivity index (χ2n) is 5.39. The van der Waals surface area contributed by atoms with Crippen LogP contribution in [-0.2, 0) is 12.8 Å². The molecule has 1 aliphatic carbocycles. The monoisotopic (exact) mass is 321 g/mol. The average molecular weight is 322 g/mol. The molecule has 1 aliphatic rings. The van der Waals surface area contributed by atoms with Crippen molar-refractivity contribution < 1.29 is 19.2 Å². The van der Waals surface area contributed by atoms with E-state index in [0.717, 1.165) is 36.8 Å². The fraction of sp³-hybridized carbons (Fsp3) is 0.375. The van der Waals surface area contributed by atoms with Gasteiger partial charge in [-0.05, 0) is 49.3 Å². The quantitative estimate of drug-likeness (QED) is 0.928. The summed E-state index contributed by atoms with van der Waals surface area (Å²) in [6, 6.07) is 1.40. The normalized spacial score (nSPS) is 13.8. The van der Waals surface area contributed by atoms with Crippen LogP contribution in [-0.4, -0.2) is 23.3 Å². The van der Waals surface area contributed by atoms with Gasteiger partial charge in [0.1, 0.15) is 11.4 Å². The third kappa shape index (κ3) is 2.25. The highest BCUT2D eigenvalue weighted by molar-refractivity contribution is 6.33. The van der Waals surface area contributed by atoms with Gasteiger partial charge >= 0.3 is 5.97 Å². The van der Waals surface area contributed by atoms with E-state index in [1.807, 2.05) is 6.92 Å². The molecule has 0 saturated heterocycles. The Bertz CT molecular complexity index is 751. The largest absolute Gasteiger partial charge is 0.494 e. The van der Waals surface area contributed by atoms with Gasteiger partial charge in [0.2, 0.25) is 5.76 Å². The van der Waals surface area contributed by atoms with Gasteiger partial charge in [0.15, 0.2) is 0 Å². The van der Waals surface area contributed by atoms with Crippen molar-refractivity contribution in [3.8, 4) is 17.0 Å². The minimum Gasteiger partial charge on any atom is -0.494 e. The van der Waals surface area contributed by atoms with E-state index in [-0.39, 0.29) is 5.76 Å². The Kier molecular flexibility index (Phi) is 3.83. The van der Waals surface area contributed by atoms with Gasteiger partial charge < -0.3 is 14.4 Å². The summed E-state index contributed by atoms with van der Waals surface area (Å²) in [6.07, 6.45) is 4.13. The maximum atomic E-state index is 11.0. The van der Waals surface area contributed by atoms with E-state index in [9.17, 15) is 4.79 Å². The minimum atomic E-state index is -1.15. The van der Waals surface area contributed by atoms with Crippen LogP contribution in [0.15, 0.2) is 10.6 Å². The van der Waals surface area contributed by atoms with Gasteiger partial charge in [0.25, 0.3) is 0 Å². The molecule has 0 fully saturated rings. The standard InChI is InChI=1S/C16H16ClNO4/c1-8-9-5-3-4-6-10(9)14(17)15(21-2)13(8)11-7-12(16(19)20)22-18-11/h7H,3-6H2,1-2H3,(H,19,20). The topological polar surface area (TPSA) is 72.6 Å². The number of fused-ring (bicyclic) bond motifs is 1. The maximum Gasteiger partial charge on any atom is 0.374 e. The summed E-state index contributed by atoms with van der Waals surface area (Å²) in [5.41, 5.74) is 4.52. The third-order valence-corrected chi connectivity index (χ3v) is 4.57. The lowest BCUT2D eigenvalue weighted by Crippen LogP contribution is -2.09. The number of aromatic nitrogens is 1. The molecule has 0 amide bonds. The van der Waals surface area contributed by atoms with Crippen molar-refractivity contribution in [2.45, 2.75) is 32.6 Å². The lowest BCUT2D eigenvalue weighted by Gasteiger charge is -2.24. The summed E-state index contributed by atoms with van der Waals surface area (Å²) in [6.45, 7) is 1.99. The molecule has 116 valence electrons. The van der Waals surface area contributed by atoms with Crippen LogP contribution in [0.25, 0.3) is 11.3 Å². The third-order valence-electron chi connectivity index (χ3n) is 4.17. The fourth-order valence-corrected chi connectivity index (χ4v) is 3.50. The number of methoxy groups -OCH3 is 1. The number of hydrogen-bond acceptors (Lipinski definition) is 4. The zero-order valence-electron chi connectivity index (χ0n) is 12.4. The van der Waals surface area contributed by atoms with Crippen LogP contribution in [0.3, 0.4) is 0 Å². The van der Waals surface area contributed by atoms with Crippen LogP contribution in [0.4, 0.5) is 0 Å².